The van der Waals surface area contributed by atoms with Gasteiger partial charge in [0.05, 0.1) is 0 Å². The third kappa shape index (κ3) is 3.63. The second-order valence-electron chi connectivity index (χ2n) is 6.83. The highest BCUT2D eigenvalue weighted by molar-refractivity contribution is 6.09. The average molecular weight is 403 g/mol. The van der Waals surface area contributed by atoms with E-state index in [9.17, 15) is 14.4 Å². The largest absolute Gasteiger partial charge is 0.454 e. The third-order valence-electron chi connectivity index (χ3n) is 4.85. The molecule has 0 unspecified atom stereocenters. The van der Waals surface area contributed by atoms with Crippen LogP contribution in [-0.4, -0.2) is 17.3 Å². The Kier molecular flexibility index (Phi) is 4.98. The zero-order valence-corrected chi connectivity index (χ0v) is 16.4. The van der Waals surface area contributed by atoms with Crippen LogP contribution in [0.15, 0.2) is 54.1 Å². The fraction of sp³-hybridized carbons (Fsp3) is 0.130. The van der Waals surface area contributed by atoms with Gasteiger partial charge < -0.3 is 19.4 Å². The molecule has 0 saturated carbocycles. The minimum absolute atomic E-state index is 0.0507. The molecule has 1 aliphatic heterocycles. The van der Waals surface area contributed by atoms with Crippen molar-refractivity contribution in [3.63, 3.8) is 0 Å². The number of aromatic nitrogens is 1. The summed E-state index contributed by atoms with van der Waals surface area (Å²) >= 11 is 0. The lowest BCUT2D eigenvalue weighted by atomic mass is 10.1. The van der Waals surface area contributed by atoms with Crippen LogP contribution in [0.4, 0.5) is 10.1 Å². The Morgan fingerprint density at radius 3 is 2.60 bits per heavy atom. The van der Waals surface area contributed by atoms with E-state index in [1.807, 2.05) is 48.7 Å². The lowest BCUT2D eigenvalue weighted by molar-refractivity contribution is -0.112. The highest BCUT2D eigenvalue weighted by Gasteiger charge is 2.17. The Morgan fingerprint density at radius 2 is 1.87 bits per heavy atom. The monoisotopic (exact) mass is 403 g/mol. The Morgan fingerprint density at radius 1 is 1.13 bits per heavy atom. The summed E-state index contributed by atoms with van der Waals surface area (Å²) in [5.41, 5.74) is 3.81. The normalized spacial score (nSPS) is 12.5. The molecule has 0 radical (unpaired) electrons. The quantitative estimate of drug-likeness (QED) is 0.514. The zero-order chi connectivity index (χ0) is 21.3. The molecule has 4 rings (SSSR count). The van der Waals surface area contributed by atoms with Gasteiger partial charge in [0, 0.05) is 28.8 Å². The van der Waals surface area contributed by atoms with Gasteiger partial charge in [-0.05, 0) is 68.0 Å². The highest BCUT2D eigenvalue weighted by atomic mass is 19.1. The molecule has 0 aliphatic carbocycles. The van der Waals surface area contributed by atoms with E-state index in [1.165, 1.54) is 24.3 Å². The molecule has 0 bridgehead atoms. The molecule has 1 aliphatic rings. The van der Waals surface area contributed by atoms with Gasteiger partial charge in [0.15, 0.2) is 11.5 Å². The van der Waals surface area contributed by atoms with Gasteiger partial charge in [-0.3, -0.25) is 4.79 Å². The van der Waals surface area contributed by atoms with Crippen LogP contribution in [0.5, 0.6) is 11.5 Å². The van der Waals surface area contributed by atoms with Crippen molar-refractivity contribution in [2.75, 3.05) is 12.1 Å². The third-order valence-corrected chi connectivity index (χ3v) is 4.85. The molecule has 3 aromatic rings. The van der Waals surface area contributed by atoms with Gasteiger partial charge in [0.2, 0.25) is 6.79 Å². The van der Waals surface area contributed by atoms with Crippen LogP contribution in [-0.2, 0) is 4.79 Å². The van der Waals surface area contributed by atoms with Gasteiger partial charge in [-0.25, -0.2) is 4.39 Å². The SMILES string of the molecule is Cc1cc(C=C(C#N)C(=O)Nc2ccc(F)cc2)c(C)n1-c1ccc2c(c1)OCO2. The summed E-state index contributed by atoms with van der Waals surface area (Å²) in [6.07, 6.45) is 1.55. The van der Waals surface area contributed by atoms with Gasteiger partial charge in [0.25, 0.3) is 5.91 Å². The molecule has 0 saturated heterocycles. The molecule has 1 amide bonds. The molecule has 0 fully saturated rings. The molecule has 2 aromatic carbocycles. The zero-order valence-electron chi connectivity index (χ0n) is 16.4. The Balaban J connectivity index is 1.64. The van der Waals surface area contributed by atoms with Crippen molar-refractivity contribution in [2.45, 2.75) is 13.8 Å². The van der Waals surface area contributed by atoms with Crippen LogP contribution in [0, 0.1) is 31.0 Å². The van der Waals surface area contributed by atoms with Crippen LogP contribution in [0.3, 0.4) is 0 Å². The number of anilines is 1. The van der Waals surface area contributed by atoms with Crippen LogP contribution < -0.4 is 14.8 Å². The number of ether oxygens (including phenoxy) is 2. The van der Waals surface area contributed by atoms with E-state index < -0.39 is 11.7 Å². The number of amides is 1. The fourth-order valence-corrected chi connectivity index (χ4v) is 3.39. The number of nitrogens with one attached hydrogen (secondary N) is 1. The molecule has 0 spiro atoms. The van der Waals surface area contributed by atoms with Crippen LogP contribution in [0.1, 0.15) is 17.0 Å². The van der Waals surface area contributed by atoms with Crippen LogP contribution in [0.2, 0.25) is 0 Å². The standard InChI is InChI=1S/C23H18FN3O3/c1-14-9-16(10-17(12-25)23(28)26-19-5-3-18(24)4-6-19)15(2)27(14)20-7-8-21-22(11-20)30-13-29-21/h3-11H,13H2,1-2H3,(H,26,28). The number of carbonyl (C=O) groups is 1. The number of hydrogen-bond acceptors (Lipinski definition) is 4. The first-order chi connectivity index (χ1) is 14.5. The van der Waals surface area contributed by atoms with Gasteiger partial charge in [-0.1, -0.05) is 0 Å². The van der Waals surface area contributed by atoms with E-state index in [0.717, 1.165) is 22.6 Å². The molecule has 1 aromatic heterocycles. The van der Waals surface area contributed by atoms with Crippen LogP contribution in [0.25, 0.3) is 11.8 Å². The maximum absolute atomic E-state index is 13.0. The Bertz CT molecular complexity index is 1200. The number of nitrogens with zero attached hydrogens (tertiary/aromatic N) is 2. The number of hydrogen-bond donors (Lipinski definition) is 1. The maximum Gasteiger partial charge on any atom is 0.266 e. The summed E-state index contributed by atoms with van der Waals surface area (Å²) in [5, 5.41) is 12.1. The predicted octanol–water partition coefficient (Wildman–Crippen LogP) is 4.51. The number of nitriles is 1. The fourth-order valence-electron chi connectivity index (χ4n) is 3.39. The van der Waals surface area contributed by atoms with Crippen molar-refractivity contribution >= 4 is 17.7 Å². The number of benzene rings is 2. The second kappa shape index (κ2) is 7.76. The highest BCUT2D eigenvalue weighted by Crippen LogP contribution is 2.35. The average Bonchev–Trinajstić information content (AvgIpc) is 3.31. The summed E-state index contributed by atoms with van der Waals surface area (Å²) in [6, 6.07) is 14.9. The van der Waals surface area contributed by atoms with Gasteiger partial charge >= 0.3 is 0 Å². The second-order valence-corrected chi connectivity index (χ2v) is 6.83. The summed E-state index contributed by atoms with van der Waals surface area (Å²) in [5.74, 6) is 0.413. The molecule has 0 atom stereocenters. The van der Waals surface area contributed by atoms with Gasteiger partial charge in [-0.2, -0.15) is 5.26 Å². The molecule has 1 N–H and O–H groups in total. The minimum atomic E-state index is -0.558. The van der Waals surface area contributed by atoms with Crippen molar-refractivity contribution < 1.29 is 18.7 Å². The van der Waals surface area contributed by atoms with E-state index in [1.54, 1.807) is 6.08 Å². The van der Waals surface area contributed by atoms with E-state index >= 15 is 0 Å². The molecule has 30 heavy (non-hydrogen) atoms. The number of carbonyl (C=O) groups excluding carboxylic acids is 1. The van der Waals surface area contributed by atoms with E-state index in [4.69, 9.17) is 9.47 Å². The van der Waals surface area contributed by atoms with Crippen molar-refractivity contribution in [3.8, 4) is 23.3 Å². The van der Waals surface area contributed by atoms with Crippen LogP contribution >= 0.6 is 0 Å². The molecule has 6 nitrogen and oxygen atoms in total. The number of rotatable bonds is 4. The summed E-state index contributed by atoms with van der Waals surface area (Å²) < 4.78 is 25.9. The molecular weight excluding hydrogens is 385 g/mol. The van der Waals surface area contributed by atoms with Gasteiger partial charge in [-0.15, -0.1) is 0 Å². The number of aryl methyl sites for hydroxylation is 1. The van der Waals surface area contributed by atoms with E-state index in [-0.39, 0.29) is 12.4 Å². The first kappa shape index (κ1) is 19.3. The number of halogens is 1. The smallest absolute Gasteiger partial charge is 0.266 e. The summed E-state index contributed by atoms with van der Waals surface area (Å²) in [4.78, 5) is 12.5. The van der Waals surface area contributed by atoms with E-state index in [2.05, 4.69) is 5.32 Å². The molecule has 7 heteroatoms. The number of fused-ring (bicyclic) bond motifs is 1. The molecular formula is C23H18FN3O3. The lowest BCUT2D eigenvalue weighted by Crippen LogP contribution is -2.13. The first-order valence-electron chi connectivity index (χ1n) is 9.24. The van der Waals surface area contributed by atoms with Crippen molar-refractivity contribution in [1.82, 2.24) is 4.57 Å². The summed E-state index contributed by atoms with van der Waals surface area (Å²) in [7, 11) is 0. The predicted molar refractivity (Wildman–Crippen MR) is 110 cm³/mol. The van der Waals surface area contributed by atoms with Crippen molar-refractivity contribution in [2.24, 2.45) is 0 Å². The van der Waals surface area contributed by atoms with Crippen molar-refractivity contribution in [3.05, 3.63) is 76.9 Å². The minimum Gasteiger partial charge on any atom is -0.454 e. The molecule has 2 heterocycles. The molecule has 150 valence electrons. The summed E-state index contributed by atoms with van der Waals surface area (Å²) in [6.45, 7) is 4.06. The topological polar surface area (TPSA) is 76.3 Å². The maximum atomic E-state index is 13.0. The Hall–Kier alpha value is -4.05. The Labute approximate surface area is 172 Å². The first-order valence-corrected chi connectivity index (χ1v) is 9.24. The van der Waals surface area contributed by atoms with Crippen molar-refractivity contribution in [1.29, 1.82) is 5.26 Å². The van der Waals surface area contributed by atoms with Gasteiger partial charge in [0.1, 0.15) is 17.5 Å². The lowest BCUT2D eigenvalue weighted by Gasteiger charge is -2.10. The van der Waals surface area contributed by atoms with E-state index in [0.29, 0.717) is 17.2 Å².